The molecule has 0 atom stereocenters. The number of hydrogen-bond acceptors (Lipinski definition) is 6. The lowest BCUT2D eigenvalue weighted by atomic mass is 10.2. The van der Waals surface area contributed by atoms with Gasteiger partial charge in [0, 0.05) is 13.1 Å². The van der Waals surface area contributed by atoms with Crippen LogP contribution in [0.2, 0.25) is 0 Å². The van der Waals surface area contributed by atoms with E-state index in [0.29, 0.717) is 13.1 Å². The highest BCUT2D eigenvalue weighted by Crippen LogP contribution is 2.13. The summed E-state index contributed by atoms with van der Waals surface area (Å²) in [6.07, 6.45) is -0.340. The van der Waals surface area contributed by atoms with Gasteiger partial charge in [0.2, 0.25) is 0 Å². The van der Waals surface area contributed by atoms with E-state index in [2.05, 4.69) is 0 Å². The first-order chi connectivity index (χ1) is 7.57. The fourth-order valence-electron chi connectivity index (χ4n) is 1.46. The van der Waals surface area contributed by atoms with E-state index in [0.717, 1.165) is 0 Å². The molecular formula is C10H19NO5S. The highest BCUT2D eigenvalue weighted by atomic mass is 32.2. The van der Waals surface area contributed by atoms with Crippen LogP contribution in [0.5, 0.6) is 0 Å². The van der Waals surface area contributed by atoms with Crippen LogP contribution >= 0.6 is 0 Å². The van der Waals surface area contributed by atoms with Crippen molar-refractivity contribution in [2.24, 2.45) is 0 Å². The number of carbonyl (C=O) groups excluding carboxylic acids is 1. The highest BCUT2D eigenvalue weighted by Gasteiger charge is 2.31. The second-order valence-electron chi connectivity index (χ2n) is 5.23. The smallest absolute Gasteiger partial charge is 0.324 e. The lowest BCUT2D eigenvalue weighted by Crippen LogP contribution is -2.50. The standard InChI is InChI=1S/C10H19NO5S/c1-10(2,3)15-9(12)7-17(13,14)16-8-5-11(4)6-8/h8H,5-7H2,1-4H3. The lowest BCUT2D eigenvalue weighted by molar-refractivity contribution is -0.151. The molecule has 1 saturated heterocycles. The number of likely N-dealkylation sites (N-methyl/N-ethyl adjacent to an activating group) is 1. The van der Waals surface area contributed by atoms with Crippen molar-refractivity contribution >= 4 is 16.1 Å². The Hall–Kier alpha value is -0.660. The van der Waals surface area contributed by atoms with Crippen LogP contribution in [-0.4, -0.2) is 56.9 Å². The maximum Gasteiger partial charge on any atom is 0.324 e. The number of carbonyl (C=O) groups is 1. The molecule has 1 rings (SSSR count). The Labute approximate surface area is 102 Å². The molecule has 0 bridgehead atoms. The summed E-state index contributed by atoms with van der Waals surface area (Å²) in [6, 6.07) is 0. The van der Waals surface area contributed by atoms with E-state index in [9.17, 15) is 13.2 Å². The van der Waals surface area contributed by atoms with Crippen LogP contribution in [0.15, 0.2) is 0 Å². The Morgan fingerprint density at radius 1 is 1.35 bits per heavy atom. The maximum atomic E-state index is 11.5. The first kappa shape index (κ1) is 14.4. The molecule has 17 heavy (non-hydrogen) atoms. The summed E-state index contributed by atoms with van der Waals surface area (Å²) in [5.41, 5.74) is -0.691. The Morgan fingerprint density at radius 3 is 2.29 bits per heavy atom. The van der Waals surface area contributed by atoms with Gasteiger partial charge in [0.1, 0.15) is 11.7 Å². The molecular weight excluding hydrogens is 246 g/mol. The second kappa shape index (κ2) is 4.91. The van der Waals surface area contributed by atoms with E-state index < -0.39 is 27.4 Å². The number of esters is 1. The molecule has 1 fully saturated rings. The number of ether oxygens (including phenoxy) is 1. The van der Waals surface area contributed by atoms with Crippen molar-refractivity contribution in [1.82, 2.24) is 4.90 Å². The molecule has 7 heteroatoms. The van der Waals surface area contributed by atoms with Crippen LogP contribution in [0, 0.1) is 0 Å². The molecule has 100 valence electrons. The zero-order chi connectivity index (χ0) is 13.3. The van der Waals surface area contributed by atoms with Crippen LogP contribution in [0.1, 0.15) is 20.8 Å². The third kappa shape index (κ3) is 5.47. The van der Waals surface area contributed by atoms with E-state index in [1.807, 2.05) is 11.9 Å². The first-order valence-corrected chi connectivity index (χ1v) is 6.96. The Bertz CT molecular complexity index is 378. The number of rotatable bonds is 4. The van der Waals surface area contributed by atoms with Crippen molar-refractivity contribution in [2.45, 2.75) is 32.5 Å². The molecule has 1 heterocycles. The van der Waals surface area contributed by atoms with Crippen molar-refractivity contribution < 1.29 is 22.1 Å². The van der Waals surface area contributed by atoms with Gasteiger partial charge in [-0.1, -0.05) is 0 Å². The van der Waals surface area contributed by atoms with Crippen molar-refractivity contribution in [3.05, 3.63) is 0 Å². The third-order valence-electron chi connectivity index (χ3n) is 2.03. The Morgan fingerprint density at radius 2 is 1.88 bits per heavy atom. The number of hydrogen-bond donors (Lipinski definition) is 0. The first-order valence-electron chi connectivity index (χ1n) is 5.39. The van der Waals surface area contributed by atoms with Gasteiger partial charge in [0.15, 0.2) is 5.75 Å². The average Bonchev–Trinajstić information content (AvgIpc) is 1.94. The van der Waals surface area contributed by atoms with Crippen molar-refractivity contribution in [3.8, 4) is 0 Å². The Balaban J connectivity index is 2.41. The summed E-state index contributed by atoms with van der Waals surface area (Å²) < 4.78 is 32.8. The molecule has 0 saturated carbocycles. The topological polar surface area (TPSA) is 72.9 Å². The molecule has 0 aliphatic carbocycles. The number of likely N-dealkylation sites (tertiary alicyclic amines) is 1. The SMILES string of the molecule is CN1CC(OS(=O)(=O)CC(=O)OC(C)(C)C)C1. The van der Waals surface area contributed by atoms with Gasteiger partial charge in [-0.25, -0.2) is 0 Å². The van der Waals surface area contributed by atoms with Crippen LogP contribution < -0.4 is 0 Å². The van der Waals surface area contributed by atoms with Crippen LogP contribution in [0.4, 0.5) is 0 Å². The zero-order valence-corrected chi connectivity index (χ0v) is 11.4. The van der Waals surface area contributed by atoms with Gasteiger partial charge in [-0.05, 0) is 27.8 Å². The van der Waals surface area contributed by atoms with Gasteiger partial charge < -0.3 is 9.64 Å². The molecule has 1 aliphatic rings. The van der Waals surface area contributed by atoms with Gasteiger partial charge >= 0.3 is 5.97 Å². The van der Waals surface area contributed by atoms with Crippen LogP contribution in [0.25, 0.3) is 0 Å². The molecule has 0 N–H and O–H groups in total. The van der Waals surface area contributed by atoms with Crippen molar-refractivity contribution in [1.29, 1.82) is 0 Å². The molecule has 0 aromatic carbocycles. The van der Waals surface area contributed by atoms with Gasteiger partial charge in [0.25, 0.3) is 10.1 Å². The quantitative estimate of drug-likeness (QED) is 0.526. The normalized spacial score (nSPS) is 18.8. The summed E-state index contributed by atoms with van der Waals surface area (Å²) >= 11 is 0. The monoisotopic (exact) mass is 265 g/mol. The fraction of sp³-hybridized carbons (Fsp3) is 0.900. The lowest BCUT2D eigenvalue weighted by Gasteiger charge is -2.34. The third-order valence-corrected chi connectivity index (χ3v) is 3.18. The zero-order valence-electron chi connectivity index (χ0n) is 10.6. The maximum absolute atomic E-state index is 11.5. The summed E-state index contributed by atoms with van der Waals surface area (Å²) in [6.45, 7) is 6.17. The van der Waals surface area contributed by atoms with Crippen LogP contribution in [0.3, 0.4) is 0 Å². The second-order valence-corrected chi connectivity index (χ2v) is 6.82. The molecule has 0 aromatic rings. The van der Waals surface area contributed by atoms with E-state index in [4.69, 9.17) is 8.92 Å². The molecule has 0 radical (unpaired) electrons. The molecule has 0 aromatic heterocycles. The van der Waals surface area contributed by atoms with Crippen molar-refractivity contribution in [3.63, 3.8) is 0 Å². The largest absolute Gasteiger partial charge is 0.459 e. The molecule has 0 amide bonds. The minimum Gasteiger partial charge on any atom is -0.459 e. The molecule has 1 aliphatic heterocycles. The predicted octanol–water partition coefficient (Wildman–Crippen LogP) is -0.0115. The molecule has 0 spiro atoms. The summed E-state index contributed by atoms with van der Waals surface area (Å²) in [5.74, 6) is -1.52. The highest BCUT2D eigenvalue weighted by molar-refractivity contribution is 7.87. The summed E-state index contributed by atoms with van der Waals surface area (Å²) in [7, 11) is -1.98. The van der Waals surface area contributed by atoms with E-state index in [-0.39, 0.29) is 6.10 Å². The molecule has 0 unspecified atom stereocenters. The average molecular weight is 265 g/mol. The van der Waals surface area contributed by atoms with E-state index in [1.54, 1.807) is 20.8 Å². The summed E-state index contributed by atoms with van der Waals surface area (Å²) in [4.78, 5) is 13.3. The van der Waals surface area contributed by atoms with Crippen LogP contribution in [-0.2, 0) is 23.8 Å². The predicted molar refractivity (Wildman–Crippen MR) is 62.0 cm³/mol. The van der Waals surface area contributed by atoms with Gasteiger partial charge in [-0.3, -0.25) is 8.98 Å². The van der Waals surface area contributed by atoms with Crippen molar-refractivity contribution in [2.75, 3.05) is 25.9 Å². The van der Waals surface area contributed by atoms with Gasteiger partial charge in [-0.15, -0.1) is 0 Å². The number of nitrogens with zero attached hydrogens (tertiary/aromatic N) is 1. The van der Waals surface area contributed by atoms with Gasteiger partial charge in [0.05, 0.1) is 0 Å². The van der Waals surface area contributed by atoms with E-state index in [1.165, 1.54) is 0 Å². The van der Waals surface area contributed by atoms with Gasteiger partial charge in [-0.2, -0.15) is 8.42 Å². The summed E-state index contributed by atoms with van der Waals surface area (Å²) in [5, 5.41) is 0. The Kier molecular flexibility index (Phi) is 4.16. The molecule has 6 nitrogen and oxygen atoms in total. The minimum atomic E-state index is -3.84. The minimum absolute atomic E-state index is 0.340. The van der Waals surface area contributed by atoms with E-state index >= 15 is 0 Å². The fourth-order valence-corrected chi connectivity index (χ4v) is 2.41.